The Balaban J connectivity index is 3.13. The minimum atomic E-state index is 0.470. The van der Waals surface area contributed by atoms with E-state index in [1.807, 2.05) is 7.85 Å². The molecule has 0 spiro atoms. The number of rotatable bonds is 2. The van der Waals surface area contributed by atoms with Gasteiger partial charge in [-0.25, -0.2) is 12.5 Å². The predicted molar refractivity (Wildman–Crippen MR) is 43.1 cm³/mol. The van der Waals surface area contributed by atoms with Gasteiger partial charge in [-0.2, -0.15) is 0 Å². The summed E-state index contributed by atoms with van der Waals surface area (Å²) in [5.41, 5.74) is 1.21. The van der Waals surface area contributed by atoms with Crippen molar-refractivity contribution in [3.8, 4) is 0 Å². The maximum absolute atomic E-state index is 4.18. The third kappa shape index (κ3) is 6.22. The van der Waals surface area contributed by atoms with Crippen LogP contribution in [-0.4, -0.2) is 13.8 Å². The SMILES string of the molecule is BC(=C)CB(C)S. The van der Waals surface area contributed by atoms with Crippen molar-refractivity contribution in [3.05, 3.63) is 12.1 Å². The van der Waals surface area contributed by atoms with Crippen molar-refractivity contribution in [2.75, 3.05) is 0 Å². The topological polar surface area (TPSA) is 0 Å². The fraction of sp³-hybridized carbons (Fsp3) is 0.500. The highest BCUT2D eigenvalue weighted by atomic mass is 32.1. The van der Waals surface area contributed by atoms with Crippen LogP contribution in [0, 0.1) is 0 Å². The lowest BCUT2D eigenvalue weighted by Crippen LogP contribution is -1.96. The lowest BCUT2D eigenvalue weighted by Gasteiger charge is -1.95. The fourth-order valence-corrected chi connectivity index (χ4v) is 0.816. The molecule has 0 aromatic rings. The van der Waals surface area contributed by atoms with E-state index in [1.165, 1.54) is 5.47 Å². The van der Waals surface area contributed by atoms with E-state index in [0.717, 1.165) is 6.32 Å². The Morgan fingerprint density at radius 3 is 2.43 bits per heavy atom. The van der Waals surface area contributed by atoms with Gasteiger partial charge in [-0.15, -0.1) is 12.1 Å². The van der Waals surface area contributed by atoms with Gasteiger partial charge in [0.25, 0.3) is 0 Å². The highest BCUT2D eigenvalue weighted by Crippen LogP contribution is 2.01. The van der Waals surface area contributed by atoms with Gasteiger partial charge in [-0.05, 0) is 0 Å². The molecule has 0 N–H and O–H groups in total. The highest BCUT2D eigenvalue weighted by Gasteiger charge is 1.96. The maximum atomic E-state index is 4.18. The Morgan fingerprint density at radius 2 is 2.43 bits per heavy atom. The normalized spacial score (nSPS) is 8.29. The Morgan fingerprint density at radius 1 is 2.00 bits per heavy atom. The van der Waals surface area contributed by atoms with Crippen molar-refractivity contribution in [2.45, 2.75) is 13.1 Å². The molecule has 38 valence electrons. The number of hydrogen-bond donors (Lipinski definition) is 1. The Kier molecular flexibility index (Phi) is 3.35. The molecule has 0 saturated carbocycles. The second-order valence-electron chi connectivity index (χ2n) is 2.01. The van der Waals surface area contributed by atoms with Gasteiger partial charge in [0.2, 0.25) is 5.99 Å². The van der Waals surface area contributed by atoms with Gasteiger partial charge < -0.3 is 0 Å². The van der Waals surface area contributed by atoms with Crippen LogP contribution in [0.4, 0.5) is 0 Å². The summed E-state index contributed by atoms with van der Waals surface area (Å²) >= 11 is 4.18. The number of thiol groups is 1. The monoisotopic (exact) mass is 112 g/mol. The van der Waals surface area contributed by atoms with Gasteiger partial charge in [0.05, 0.1) is 0 Å². The van der Waals surface area contributed by atoms with E-state index in [4.69, 9.17) is 0 Å². The van der Waals surface area contributed by atoms with Gasteiger partial charge in [0.15, 0.2) is 0 Å². The second kappa shape index (κ2) is 3.25. The largest absolute Gasteiger partial charge is 0.227 e. The van der Waals surface area contributed by atoms with Crippen molar-refractivity contribution in [2.24, 2.45) is 0 Å². The average molecular weight is 112 g/mol. The summed E-state index contributed by atoms with van der Waals surface area (Å²) in [5.74, 6) is 0.470. The molecule has 0 bridgehead atoms. The van der Waals surface area contributed by atoms with E-state index in [9.17, 15) is 0 Å². The Bertz CT molecular complexity index is 70.1. The van der Waals surface area contributed by atoms with Crippen LogP contribution in [0.3, 0.4) is 0 Å². The van der Waals surface area contributed by atoms with E-state index in [2.05, 4.69) is 25.9 Å². The molecular formula is C4H10B2S. The summed E-state index contributed by atoms with van der Waals surface area (Å²) in [7, 11) is 2.02. The molecule has 0 aliphatic heterocycles. The molecule has 0 atom stereocenters. The molecule has 0 radical (unpaired) electrons. The lowest BCUT2D eigenvalue weighted by molar-refractivity contribution is 1.63. The van der Waals surface area contributed by atoms with Gasteiger partial charge in [-0.1, -0.05) is 13.1 Å². The minimum Gasteiger partial charge on any atom is -0.227 e. The van der Waals surface area contributed by atoms with Crippen LogP contribution in [-0.2, 0) is 0 Å². The molecule has 0 fully saturated rings. The van der Waals surface area contributed by atoms with E-state index >= 15 is 0 Å². The first-order chi connectivity index (χ1) is 3.13. The van der Waals surface area contributed by atoms with Crippen LogP contribution in [0.25, 0.3) is 0 Å². The molecule has 0 aliphatic carbocycles. The number of allylic oxidation sites excluding steroid dienone is 1. The first-order valence-corrected chi connectivity index (χ1v) is 2.97. The molecular weight excluding hydrogens is 102 g/mol. The quantitative estimate of drug-likeness (QED) is 0.394. The molecule has 0 unspecified atom stereocenters. The smallest absolute Gasteiger partial charge is 0.205 e. The summed E-state index contributed by atoms with van der Waals surface area (Å²) < 4.78 is 0. The summed E-state index contributed by atoms with van der Waals surface area (Å²) in [4.78, 5) is 0. The summed E-state index contributed by atoms with van der Waals surface area (Å²) in [6.07, 6.45) is 1.03. The molecule has 0 aliphatic rings. The second-order valence-corrected chi connectivity index (χ2v) is 2.89. The molecule has 7 heavy (non-hydrogen) atoms. The van der Waals surface area contributed by atoms with Crippen molar-refractivity contribution in [1.82, 2.24) is 0 Å². The van der Waals surface area contributed by atoms with Crippen LogP contribution in [0.1, 0.15) is 0 Å². The van der Waals surface area contributed by atoms with Crippen LogP contribution < -0.4 is 0 Å². The van der Waals surface area contributed by atoms with Crippen molar-refractivity contribution in [3.63, 3.8) is 0 Å². The zero-order chi connectivity index (χ0) is 5.86. The van der Waals surface area contributed by atoms with E-state index in [-0.39, 0.29) is 0 Å². The molecule has 0 heterocycles. The molecule has 0 aromatic heterocycles. The van der Waals surface area contributed by atoms with E-state index < -0.39 is 0 Å². The van der Waals surface area contributed by atoms with Crippen molar-refractivity contribution in [1.29, 1.82) is 0 Å². The Hall–Kier alpha value is 0.220. The molecule has 0 aromatic carbocycles. The van der Waals surface area contributed by atoms with E-state index in [1.54, 1.807) is 0 Å². The predicted octanol–water partition coefficient (Wildman–Crippen LogP) is 0.684. The highest BCUT2D eigenvalue weighted by molar-refractivity contribution is 8.10. The van der Waals surface area contributed by atoms with Gasteiger partial charge >= 0.3 is 0 Å². The maximum Gasteiger partial charge on any atom is 0.205 e. The zero-order valence-corrected chi connectivity index (χ0v) is 5.83. The Labute approximate surface area is 52.2 Å². The summed E-state index contributed by atoms with van der Waals surface area (Å²) in [6.45, 7) is 5.81. The molecule has 0 amide bonds. The fourth-order valence-electron chi connectivity index (χ4n) is 0.504. The standard InChI is InChI=1S/C4H10B2S/c1-4(5)3-6(2)7/h7H,1,3,5H2,2H3. The van der Waals surface area contributed by atoms with Gasteiger partial charge in [-0.3, -0.25) is 0 Å². The molecule has 3 heteroatoms. The van der Waals surface area contributed by atoms with Crippen molar-refractivity contribution >= 4 is 26.3 Å². The van der Waals surface area contributed by atoms with Crippen LogP contribution in [0.15, 0.2) is 12.1 Å². The molecule has 0 rings (SSSR count). The van der Waals surface area contributed by atoms with E-state index in [0.29, 0.717) is 5.99 Å². The van der Waals surface area contributed by atoms with Crippen LogP contribution in [0.5, 0.6) is 0 Å². The minimum absolute atomic E-state index is 0.470. The van der Waals surface area contributed by atoms with Gasteiger partial charge in [0.1, 0.15) is 7.85 Å². The first-order valence-electron chi connectivity index (χ1n) is 2.45. The number of hydrogen-bond acceptors (Lipinski definition) is 1. The third-order valence-electron chi connectivity index (χ3n) is 0.644. The van der Waals surface area contributed by atoms with Crippen molar-refractivity contribution < 1.29 is 0 Å². The van der Waals surface area contributed by atoms with Gasteiger partial charge in [0, 0.05) is 0 Å². The molecule has 0 nitrogen and oxygen atoms in total. The average Bonchev–Trinajstić information content (AvgIpc) is 1.27. The molecule has 0 saturated heterocycles. The van der Waals surface area contributed by atoms with Crippen LogP contribution >= 0.6 is 12.5 Å². The third-order valence-corrected chi connectivity index (χ3v) is 0.826. The lowest BCUT2D eigenvalue weighted by atomic mass is 9.68. The first kappa shape index (κ1) is 7.22. The summed E-state index contributed by atoms with van der Waals surface area (Å²) in [5, 5.41) is 0. The zero-order valence-electron chi connectivity index (χ0n) is 4.94. The summed E-state index contributed by atoms with van der Waals surface area (Å²) in [6, 6.07) is 0. The van der Waals surface area contributed by atoms with Crippen LogP contribution in [0.2, 0.25) is 13.1 Å².